The van der Waals surface area contributed by atoms with E-state index in [2.05, 4.69) is 67.7 Å². The number of rotatable bonds is 7. The van der Waals surface area contributed by atoms with E-state index in [9.17, 15) is 10.2 Å². The van der Waals surface area contributed by atoms with E-state index < -0.39 is 46.5 Å². The molecule has 0 unspecified atom stereocenters. The van der Waals surface area contributed by atoms with Crippen LogP contribution in [-0.2, 0) is 13.6 Å². The molecule has 2 N–H and O–H groups in total. The molecule has 1 aromatic rings. The minimum atomic E-state index is -2.23. The van der Waals surface area contributed by atoms with Crippen molar-refractivity contribution in [2.45, 2.75) is 113 Å². The molecule has 0 bridgehead atoms. The molecule has 2 rings (SSSR count). The van der Waals surface area contributed by atoms with Gasteiger partial charge in [-0.25, -0.2) is 0 Å². The van der Waals surface area contributed by atoms with E-state index in [4.69, 9.17) is 13.6 Å². The molecule has 184 valence electrons. The van der Waals surface area contributed by atoms with Crippen LogP contribution in [-0.4, -0.2) is 63.3 Å². The Hall–Kier alpha value is -0.196. The number of aliphatic hydroxyl groups is 2. The van der Waals surface area contributed by atoms with Crippen molar-refractivity contribution in [1.82, 2.24) is 0 Å². The van der Waals surface area contributed by atoms with Crippen LogP contribution in [0.25, 0.3) is 0 Å². The third kappa shape index (κ3) is 6.47. The van der Waals surface area contributed by atoms with Crippen LogP contribution in [0.4, 0.5) is 0 Å². The molecule has 8 heteroatoms. The molecule has 1 aliphatic heterocycles. The average molecular weight is 501 g/mol. The first-order valence-electron chi connectivity index (χ1n) is 11.5. The van der Waals surface area contributed by atoms with E-state index in [0.717, 1.165) is 4.90 Å². The van der Waals surface area contributed by atoms with Crippen molar-refractivity contribution in [3.05, 3.63) is 30.3 Å². The summed E-state index contributed by atoms with van der Waals surface area (Å²) in [6.07, 6.45) is -2.55. The molecule has 32 heavy (non-hydrogen) atoms. The fraction of sp³-hybridized carbons (Fsp3) is 0.750. The molecular weight excluding hydrogens is 456 g/mol. The SMILES string of the molecule is CC(C)(C)[Si](C)(C)O[C@@H]1[C@@H](O)[C@H](Sc2ccccc2)O[C@H](CO)[C@H]1O[Si](C)(C)C(C)(C)C. The smallest absolute Gasteiger partial charge is 0.192 e. The van der Waals surface area contributed by atoms with E-state index in [1.54, 1.807) is 0 Å². The average Bonchev–Trinajstić information content (AvgIpc) is 2.65. The van der Waals surface area contributed by atoms with Gasteiger partial charge < -0.3 is 23.8 Å². The minimum Gasteiger partial charge on any atom is -0.408 e. The summed E-state index contributed by atoms with van der Waals surface area (Å²) in [7, 11) is -4.44. The summed E-state index contributed by atoms with van der Waals surface area (Å²) >= 11 is 1.46. The van der Waals surface area contributed by atoms with Crippen molar-refractivity contribution in [1.29, 1.82) is 0 Å². The summed E-state index contributed by atoms with van der Waals surface area (Å²) in [4.78, 5) is 1.00. The van der Waals surface area contributed by atoms with Gasteiger partial charge in [0.2, 0.25) is 0 Å². The van der Waals surface area contributed by atoms with Crippen LogP contribution in [0.3, 0.4) is 0 Å². The lowest BCUT2D eigenvalue weighted by atomic mass is 10.0. The van der Waals surface area contributed by atoms with Crippen molar-refractivity contribution in [3.63, 3.8) is 0 Å². The van der Waals surface area contributed by atoms with Gasteiger partial charge in [-0.2, -0.15) is 0 Å². The Morgan fingerprint density at radius 1 is 0.875 bits per heavy atom. The molecule has 5 atom stereocenters. The first kappa shape index (κ1) is 28.0. The van der Waals surface area contributed by atoms with Crippen LogP contribution < -0.4 is 0 Å². The lowest BCUT2D eigenvalue weighted by Crippen LogP contribution is -2.65. The Morgan fingerprint density at radius 3 is 1.78 bits per heavy atom. The second kappa shape index (κ2) is 10.2. The largest absolute Gasteiger partial charge is 0.408 e. The van der Waals surface area contributed by atoms with Gasteiger partial charge in [0.1, 0.15) is 29.9 Å². The third-order valence-corrected chi connectivity index (χ3v) is 17.4. The predicted octanol–water partition coefficient (Wildman–Crippen LogP) is 5.64. The highest BCUT2D eigenvalue weighted by atomic mass is 32.2. The van der Waals surface area contributed by atoms with E-state index >= 15 is 0 Å². The molecule has 1 aliphatic rings. The van der Waals surface area contributed by atoms with Gasteiger partial charge in [0.15, 0.2) is 16.6 Å². The van der Waals surface area contributed by atoms with Gasteiger partial charge >= 0.3 is 0 Å². The molecule has 0 radical (unpaired) electrons. The Balaban J connectivity index is 2.43. The minimum absolute atomic E-state index is 0.0187. The number of hydrogen-bond acceptors (Lipinski definition) is 6. The number of hydrogen-bond donors (Lipinski definition) is 2. The molecule has 1 fully saturated rings. The van der Waals surface area contributed by atoms with Gasteiger partial charge in [-0.05, 0) is 48.4 Å². The molecule has 0 aromatic heterocycles. The molecule has 0 spiro atoms. The summed E-state index contributed by atoms with van der Waals surface area (Å²) < 4.78 is 19.8. The van der Waals surface area contributed by atoms with Gasteiger partial charge in [-0.1, -0.05) is 71.5 Å². The molecule has 5 nitrogen and oxygen atoms in total. The summed E-state index contributed by atoms with van der Waals surface area (Å²) in [5.41, 5.74) is -0.552. The zero-order valence-electron chi connectivity index (χ0n) is 21.5. The van der Waals surface area contributed by atoms with E-state index in [1.807, 2.05) is 30.3 Å². The maximum atomic E-state index is 11.5. The zero-order chi connectivity index (χ0) is 24.5. The normalized spacial score (nSPS) is 28.1. The standard InChI is InChI=1S/C24H44O5SSi2/c1-23(2,3)31(7,8)28-20-18(16-25)27-22(30-17-14-12-11-13-15-17)19(26)21(20)29-32(9,10)24(4,5)6/h11-15,18-22,25-26H,16H2,1-10H3/t18-,19-,20-,21-,22+/m1/s1. The fourth-order valence-electron chi connectivity index (χ4n) is 3.08. The Kier molecular flexibility index (Phi) is 8.94. The molecule has 1 aromatic carbocycles. The number of thioether (sulfide) groups is 1. The van der Waals surface area contributed by atoms with E-state index in [1.165, 1.54) is 11.8 Å². The molecular formula is C24H44O5SSi2. The number of aliphatic hydroxyl groups excluding tert-OH is 2. The van der Waals surface area contributed by atoms with Gasteiger partial charge in [0.25, 0.3) is 0 Å². The molecule has 0 amide bonds. The van der Waals surface area contributed by atoms with Crippen LogP contribution in [0.5, 0.6) is 0 Å². The van der Waals surface area contributed by atoms with Crippen LogP contribution >= 0.6 is 11.8 Å². The molecule has 0 aliphatic carbocycles. The summed E-state index contributed by atoms with van der Waals surface area (Å²) in [6, 6.07) is 9.89. The van der Waals surface area contributed by atoms with E-state index in [-0.39, 0.29) is 16.7 Å². The van der Waals surface area contributed by atoms with Gasteiger partial charge in [0, 0.05) is 4.90 Å². The molecule has 1 saturated heterocycles. The predicted molar refractivity (Wildman–Crippen MR) is 138 cm³/mol. The lowest BCUT2D eigenvalue weighted by Gasteiger charge is -2.51. The van der Waals surface area contributed by atoms with Crippen molar-refractivity contribution in [2.75, 3.05) is 6.61 Å². The van der Waals surface area contributed by atoms with Crippen LogP contribution in [0.15, 0.2) is 35.2 Å². The summed E-state index contributed by atoms with van der Waals surface area (Å²) in [5.74, 6) is 0. The highest BCUT2D eigenvalue weighted by Crippen LogP contribution is 2.44. The first-order valence-corrected chi connectivity index (χ1v) is 18.2. The van der Waals surface area contributed by atoms with Crippen LogP contribution in [0, 0.1) is 0 Å². The molecule has 0 saturated carbocycles. The lowest BCUT2D eigenvalue weighted by molar-refractivity contribution is -0.196. The fourth-order valence-corrected chi connectivity index (χ4v) is 6.78. The highest BCUT2D eigenvalue weighted by Gasteiger charge is 2.53. The van der Waals surface area contributed by atoms with E-state index in [0.29, 0.717) is 0 Å². The van der Waals surface area contributed by atoms with Crippen molar-refractivity contribution >= 4 is 28.4 Å². The van der Waals surface area contributed by atoms with Crippen molar-refractivity contribution in [3.8, 4) is 0 Å². The summed E-state index contributed by atoms with van der Waals surface area (Å²) in [5, 5.41) is 21.7. The van der Waals surface area contributed by atoms with Crippen LogP contribution in [0.2, 0.25) is 36.3 Å². The second-order valence-corrected chi connectivity index (χ2v) is 22.5. The maximum absolute atomic E-state index is 11.5. The topological polar surface area (TPSA) is 68.2 Å². The zero-order valence-corrected chi connectivity index (χ0v) is 24.3. The Bertz CT molecular complexity index is 730. The number of benzene rings is 1. The Labute approximate surface area is 201 Å². The number of ether oxygens (including phenoxy) is 1. The van der Waals surface area contributed by atoms with Crippen LogP contribution in [0.1, 0.15) is 41.5 Å². The first-order chi connectivity index (χ1) is 14.5. The van der Waals surface area contributed by atoms with Gasteiger partial charge in [-0.15, -0.1) is 0 Å². The van der Waals surface area contributed by atoms with Gasteiger partial charge in [0.05, 0.1) is 6.61 Å². The second-order valence-electron chi connectivity index (χ2n) is 11.8. The van der Waals surface area contributed by atoms with Crippen molar-refractivity contribution < 1.29 is 23.8 Å². The molecule has 1 heterocycles. The monoisotopic (exact) mass is 500 g/mol. The quantitative estimate of drug-likeness (QED) is 0.472. The van der Waals surface area contributed by atoms with Crippen molar-refractivity contribution in [2.24, 2.45) is 0 Å². The highest BCUT2D eigenvalue weighted by molar-refractivity contribution is 7.99. The summed E-state index contributed by atoms with van der Waals surface area (Å²) in [6.45, 7) is 21.7. The van der Waals surface area contributed by atoms with Gasteiger partial charge in [-0.3, -0.25) is 0 Å². The Morgan fingerprint density at radius 2 is 1.34 bits per heavy atom. The maximum Gasteiger partial charge on any atom is 0.192 e. The third-order valence-electron chi connectivity index (χ3n) is 7.26.